The van der Waals surface area contributed by atoms with E-state index in [4.69, 9.17) is 4.98 Å². The number of nitrogens with one attached hydrogen (secondary N) is 1. The predicted molar refractivity (Wildman–Crippen MR) is 136 cm³/mol. The number of anilines is 1. The van der Waals surface area contributed by atoms with Crippen LogP contribution in [-0.4, -0.2) is 30.9 Å². The van der Waals surface area contributed by atoms with Crippen molar-refractivity contribution in [1.29, 1.82) is 0 Å². The Bertz CT molecular complexity index is 1320. The lowest BCUT2D eigenvalue weighted by atomic mass is 10.2. The molecule has 1 fully saturated rings. The van der Waals surface area contributed by atoms with Crippen LogP contribution in [0.5, 0.6) is 0 Å². The molecule has 1 N–H and O–H groups in total. The highest BCUT2D eigenvalue weighted by Gasteiger charge is 2.31. The van der Waals surface area contributed by atoms with E-state index in [-0.39, 0.29) is 11.2 Å². The standard InChI is InChI=1S/C25H25N5OS2/c1-4-13-30-22(17-6-7-17)28-29-25(30)32-16(3)23(31)26-19-10-8-18(9-11-19)24-27-20-12-5-15(2)14-21(20)33-24/h4-5,8-12,14,16-17H,1,6-7,13H2,2-3H3,(H,26,31). The number of aryl methyl sites for hydroxylation is 1. The molecule has 6 nitrogen and oxygen atoms in total. The van der Waals surface area contributed by atoms with Gasteiger partial charge in [-0.1, -0.05) is 23.9 Å². The molecule has 5 rings (SSSR count). The van der Waals surface area contributed by atoms with E-state index in [1.807, 2.05) is 37.3 Å². The topological polar surface area (TPSA) is 72.7 Å². The zero-order valence-electron chi connectivity index (χ0n) is 18.6. The average molecular weight is 476 g/mol. The second-order valence-electron chi connectivity index (χ2n) is 8.33. The molecule has 1 aliphatic carbocycles. The van der Waals surface area contributed by atoms with E-state index in [9.17, 15) is 4.79 Å². The highest BCUT2D eigenvalue weighted by molar-refractivity contribution is 8.00. The normalized spacial score (nSPS) is 14.4. The Labute approximate surface area is 201 Å². The molecule has 2 aromatic carbocycles. The summed E-state index contributed by atoms with van der Waals surface area (Å²) in [6.07, 6.45) is 4.16. The summed E-state index contributed by atoms with van der Waals surface area (Å²) in [5.41, 5.74) is 4.05. The molecule has 8 heteroatoms. The largest absolute Gasteiger partial charge is 0.325 e. The summed E-state index contributed by atoms with van der Waals surface area (Å²) in [6, 6.07) is 14.1. The van der Waals surface area contributed by atoms with E-state index >= 15 is 0 Å². The quantitative estimate of drug-likeness (QED) is 0.248. The molecular formula is C25H25N5OS2. The van der Waals surface area contributed by atoms with E-state index in [1.165, 1.54) is 22.0 Å². The molecule has 1 amide bonds. The van der Waals surface area contributed by atoms with E-state index < -0.39 is 0 Å². The molecule has 1 atom stereocenters. The number of amides is 1. The number of rotatable bonds is 8. The fourth-order valence-electron chi connectivity index (χ4n) is 3.64. The Morgan fingerprint density at radius 2 is 2.06 bits per heavy atom. The molecule has 0 bridgehead atoms. The zero-order valence-corrected chi connectivity index (χ0v) is 20.2. The number of hydrogen-bond acceptors (Lipinski definition) is 6. The van der Waals surface area contributed by atoms with Crippen LogP contribution in [0.15, 0.2) is 60.3 Å². The third-order valence-electron chi connectivity index (χ3n) is 5.59. The first kappa shape index (κ1) is 21.9. The van der Waals surface area contributed by atoms with Gasteiger partial charge in [-0.25, -0.2) is 4.98 Å². The Balaban J connectivity index is 1.25. The van der Waals surface area contributed by atoms with E-state index in [2.05, 4.69) is 51.8 Å². The van der Waals surface area contributed by atoms with Gasteiger partial charge in [0.1, 0.15) is 10.8 Å². The minimum Gasteiger partial charge on any atom is -0.325 e. The number of aromatic nitrogens is 4. The lowest BCUT2D eigenvalue weighted by Gasteiger charge is -2.13. The summed E-state index contributed by atoms with van der Waals surface area (Å²) in [5, 5.41) is 13.1. The monoisotopic (exact) mass is 475 g/mol. The van der Waals surface area contributed by atoms with Gasteiger partial charge < -0.3 is 9.88 Å². The second kappa shape index (κ2) is 9.11. The van der Waals surface area contributed by atoms with Gasteiger partial charge in [0.25, 0.3) is 0 Å². The van der Waals surface area contributed by atoms with E-state index in [0.717, 1.165) is 45.6 Å². The minimum absolute atomic E-state index is 0.0654. The molecule has 33 heavy (non-hydrogen) atoms. The Morgan fingerprint density at radius 3 is 2.79 bits per heavy atom. The molecule has 0 saturated heterocycles. The summed E-state index contributed by atoms with van der Waals surface area (Å²) in [5.74, 6) is 1.43. The molecule has 1 unspecified atom stereocenters. The zero-order chi connectivity index (χ0) is 22.9. The van der Waals surface area contributed by atoms with Crippen molar-refractivity contribution in [2.75, 3.05) is 5.32 Å². The van der Waals surface area contributed by atoms with Crippen LogP contribution in [0.2, 0.25) is 0 Å². The van der Waals surface area contributed by atoms with Crippen LogP contribution < -0.4 is 5.32 Å². The Kier molecular flexibility index (Phi) is 6.03. The number of carbonyl (C=O) groups is 1. The SMILES string of the molecule is C=CCn1c(SC(C)C(=O)Nc2ccc(-c3nc4ccc(C)cc4s3)cc2)nnc1C1CC1. The molecule has 0 aliphatic heterocycles. The lowest BCUT2D eigenvalue weighted by molar-refractivity contribution is -0.115. The molecule has 2 heterocycles. The molecule has 4 aromatic rings. The third-order valence-corrected chi connectivity index (χ3v) is 7.74. The first-order chi connectivity index (χ1) is 16.0. The van der Waals surface area contributed by atoms with Crippen molar-refractivity contribution in [1.82, 2.24) is 19.7 Å². The van der Waals surface area contributed by atoms with Gasteiger partial charge in [0.2, 0.25) is 5.91 Å². The highest BCUT2D eigenvalue weighted by atomic mass is 32.2. The maximum atomic E-state index is 12.8. The van der Waals surface area contributed by atoms with Crippen molar-refractivity contribution in [3.05, 3.63) is 66.5 Å². The summed E-state index contributed by atoms with van der Waals surface area (Å²) in [4.78, 5) is 17.6. The predicted octanol–water partition coefficient (Wildman–Crippen LogP) is 6.05. The minimum atomic E-state index is -0.308. The fourth-order valence-corrected chi connectivity index (χ4v) is 5.57. The molecule has 168 valence electrons. The van der Waals surface area contributed by atoms with Gasteiger partial charge in [0.15, 0.2) is 5.16 Å². The maximum Gasteiger partial charge on any atom is 0.237 e. The van der Waals surface area contributed by atoms with Crippen molar-refractivity contribution < 1.29 is 4.79 Å². The molecular weight excluding hydrogens is 450 g/mol. The Hall–Kier alpha value is -2.97. The first-order valence-corrected chi connectivity index (χ1v) is 12.7. The molecule has 0 radical (unpaired) electrons. The van der Waals surface area contributed by atoms with Gasteiger partial charge in [-0.3, -0.25) is 4.79 Å². The summed E-state index contributed by atoms with van der Waals surface area (Å²) in [6.45, 7) is 8.48. The van der Waals surface area contributed by atoms with Crippen molar-refractivity contribution in [2.45, 2.75) is 49.6 Å². The van der Waals surface area contributed by atoms with Gasteiger partial charge in [0, 0.05) is 23.7 Å². The maximum absolute atomic E-state index is 12.8. The van der Waals surface area contributed by atoms with Crippen molar-refractivity contribution >= 4 is 44.9 Å². The van der Waals surface area contributed by atoms with Gasteiger partial charge in [-0.15, -0.1) is 28.1 Å². The van der Waals surface area contributed by atoms with Crippen LogP contribution in [0, 0.1) is 6.92 Å². The second-order valence-corrected chi connectivity index (χ2v) is 10.7. The average Bonchev–Trinajstić information content (AvgIpc) is 3.45. The number of carbonyl (C=O) groups excluding carboxylic acids is 1. The van der Waals surface area contributed by atoms with Crippen molar-refractivity contribution in [2.24, 2.45) is 0 Å². The summed E-state index contributed by atoms with van der Waals surface area (Å²) >= 11 is 3.11. The number of allylic oxidation sites excluding steroid dienone is 1. The van der Waals surface area contributed by atoms with Crippen LogP contribution in [0.4, 0.5) is 5.69 Å². The Morgan fingerprint density at radius 1 is 1.27 bits per heavy atom. The van der Waals surface area contributed by atoms with Crippen LogP contribution in [0.1, 0.15) is 37.1 Å². The third kappa shape index (κ3) is 4.72. The molecule has 1 saturated carbocycles. The number of thiazole rings is 1. The smallest absolute Gasteiger partial charge is 0.237 e. The number of fused-ring (bicyclic) bond motifs is 1. The fraction of sp³-hybridized carbons (Fsp3) is 0.280. The molecule has 0 spiro atoms. The summed E-state index contributed by atoms with van der Waals surface area (Å²) < 4.78 is 3.26. The van der Waals surface area contributed by atoms with Crippen LogP contribution in [-0.2, 0) is 11.3 Å². The van der Waals surface area contributed by atoms with Crippen LogP contribution in [0.25, 0.3) is 20.8 Å². The molecule has 1 aliphatic rings. The van der Waals surface area contributed by atoms with Crippen molar-refractivity contribution in [3.63, 3.8) is 0 Å². The van der Waals surface area contributed by atoms with Crippen LogP contribution in [0.3, 0.4) is 0 Å². The first-order valence-electron chi connectivity index (χ1n) is 11.0. The van der Waals surface area contributed by atoms with Crippen LogP contribution >= 0.6 is 23.1 Å². The van der Waals surface area contributed by atoms with Crippen molar-refractivity contribution in [3.8, 4) is 10.6 Å². The lowest BCUT2D eigenvalue weighted by Crippen LogP contribution is -2.23. The number of nitrogens with zero attached hydrogens (tertiary/aromatic N) is 4. The van der Waals surface area contributed by atoms with E-state index in [0.29, 0.717) is 12.5 Å². The molecule has 2 aromatic heterocycles. The number of thioether (sulfide) groups is 1. The van der Waals surface area contributed by atoms with Gasteiger partial charge >= 0.3 is 0 Å². The summed E-state index contributed by atoms with van der Waals surface area (Å²) in [7, 11) is 0. The number of benzene rings is 2. The van der Waals surface area contributed by atoms with Gasteiger partial charge in [-0.2, -0.15) is 0 Å². The highest BCUT2D eigenvalue weighted by Crippen LogP contribution is 2.40. The van der Waals surface area contributed by atoms with E-state index in [1.54, 1.807) is 11.3 Å². The van der Waals surface area contributed by atoms with Gasteiger partial charge in [0.05, 0.1) is 15.5 Å². The number of hydrogen-bond donors (Lipinski definition) is 1. The van der Waals surface area contributed by atoms with Gasteiger partial charge in [-0.05, 0) is 68.7 Å².